The molecule has 1 aromatic heterocycles. The normalized spacial score (nSPS) is 12.5. The van der Waals surface area contributed by atoms with Crippen molar-refractivity contribution in [3.63, 3.8) is 0 Å². The molecule has 0 aliphatic carbocycles. The van der Waals surface area contributed by atoms with Crippen LogP contribution in [0.3, 0.4) is 0 Å². The van der Waals surface area contributed by atoms with E-state index < -0.39 is 11.9 Å². The van der Waals surface area contributed by atoms with Crippen molar-refractivity contribution in [3.8, 4) is 0 Å². The fourth-order valence-corrected chi connectivity index (χ4v) is 1.38. The summed E-state index contributed by atoms with van der Waals surface area (Å²) in [6.07, 6.45) is 2.14. The van der Waals surface area contributed by atoms with E-state index in [-0.39, 0.29) is 11.6 Å². The van der Waals surface area contributed by atoms with E-state index in [0.717, 1.165) is 13.0 Å². The van der Waals surface area contributed by atoms with Gasteiger partial charge in [0.15, 0.2) is 0 Å². The van der Waals surface area contributed by atoms with Crippen molar-refractivity contribution in [2.75, 3.05) is 20.6 Å². The summed E-state index contributed by atoms with van der Waals surface area (Å²) in [6.45, 7) is 2.77. The Bertz CT molecular complexity index is 382. The number of nitrogens with zero attached hydrogens (tertiary/aromatic N) is 2. The van der Waals surface area contributed by atoms with Gasteiger partial charge in [-0.15, -0.1) is 0 Å². The van der Waals surface area contributed by atoms with Crippen LogP contribution in [0.4, 0.5) is 4.39 Å². The van der Waals surface area contributed by atoms with E-state index in [4.69, 9.17) is 0 Å². The molecular formula is C12H18FN3O. The summed E-state index contributed by atoms with van der Waals surface area (Å²) >= 11 is 0. The SMILES string of the molecule is CC(CCN(C)C)NC(=O)c1cccnc1F. The minimum Gasteiger partial charge on any atom is -0.349 e. The van der Waals surface area contributed by atoms with E-state index >= 15 is 0 Å². The standard InChI is InChI=1S/C12H18FN3O/c1-9(6-8-16(2)3)15-12(17)10-5-4-7-14-11(10)13/h4-5,7,9H,6,8H2,1-3H3,(H,15,17). The van der Waals surface area contributed by atoms with Gasteiger partial charge in [0.25, 0.3) is 5.91 Å². The van der Waals surface area contributed by atoms with Crippen molar-refractivity contribution in [2.24, 2.45) is 0 Å². The summed E-state index contributed by atoms with van der Waals surface area (Å²) in [5, 5.41) is 2.75. The summed E-state index contributed by atoms with van der Waals surface area (Å²) in [6, 6.07) is 2.98. The van der Waals surface area contributed by atoms with Crippen LogP contribution in [0.2, 0.25) is 0 Å². The second-order valence-electron chi connectivity index (χ2n) is 4.31. The van der Waals surface area contributed by atoms with Crippen molar-refractivity contribution in [2.45, 2.75) is 19.4 Å². The van der Waals surface area contributed by atoms with Crippen molar-refractivity contribution in [3.05, 3.63) is 29.8 Å². The molecule has 0 aliphatic rings. The smallest absolute Gasteiger partial charge is 0.256 e. The summed E-state index contributed by atoms with van der Waals surface area (Å²) < 4.78 is 13.2. The number of hydrogen-bond donors (Lipinski definition) is 1. The average Bonchev–Trinajstić information content (AvgIpc) is 2.26. The van der Waals surface area contributed by atoms with E-state index in [1.54, 1.807) is 6.07 Å². The molecule has 1 N–H and O–H groups in total. The van der Waals surface area contributed by atoms with Gasteiger partial charge in [0.2, 0.25) is 5.95 Å². The van der Waals surface area contributed by atoms with E-state index in [9.17, 15) is 9.18 Å². The van der Waals surface area contributed by atoms with E-state index in [2.05, 4.69) is 10.3 Å². The molecule has 17 heavy (non-hydrogen) atoms. The van der Waals surface area contributed by atoms with Gasteiger partial charge in [-0.3, -0.25) is 4.79 Å². The highest BCUT2D eigenvalue weighted by Gasteiger charge is 2.14. The highest BCUT2D eigenvalue weighted by atomic mass is 19.1. The lowest BCUT2D eigenvalue weighted by Gasteiger charge is -2.16. The minimum absolute atomic E-state index is 0.00417. The molecule has 0 radical (unpaired) electrons. The van der Waals surface area contributed by atoms with Crippen LogP contribution < -0.4 is 5.32 Å². The topological polar surface area (TPSA) is 45.2 Å². The zero-order valence-corrected chi connectivity index (χ0v) is 10.4. The molecule has 1 amide bonds. The van der Waals surface area contributed by atoms with Crippen LogP contribution in [0.5, 0.6) is 0 Å². The number of carbonyl (C=O) groups excluding carboxylic acids is 1. The van der Waals surface area contributed by atoms with Crippen LogP contribution in [0, 0.1) is 5.95 Å². The Hall–Kier alpha value is -1.49. The highest BCUT2D eigenvalue weighted by molar-refractivity contribution is 5.94. The fourth-order valence-electron chi connectivity index (χ4n) is 1.38. The number of pyridine rings is 1. The molecule has 0 saturated heterocycles. The van der Waals surface area contributed by atoms with E-state index in [1.165, 1.54) is 12.3 Å². The first-order valence-corrected chi connectivity index (χ1v) is 5.57. The zero-order chi connectivity index (χ0) is 12.8. The van der Waals surface area contributed by atoms with E-state index in [1.807, 2.05) is 25.9 Å². The maximum atomic E-state index is 13.2. The number of aromatic nitrogens is 1. The predicted molar refractivity (Wildman–Crippen MR) is 64.3 cm³/mol. The maximum absolute atomic E-state index is 13.2. The first kappa shape index (κ1) is 13.6. The Kier molecular flexibility index (Phi) is 5.03. The van der Waals surface area contributed by atoms with Crippen molar-refractivity contribution in [1.82, 2.24) is 15.2 Å². The van der Waals surface area contributed by atoms with Crippen LogP contribution in [-0.2, 0) is 0 Å². The Balaban J connectivity index is 2.52. The van der Waals surface area contributed by atoms with Gasteiger partial charge in [-0.2, -0.15) is 4.39 Å². The van der Waals surface area contributed by atoms with Crippen molar-refractivity contribution < 1.29 is 9.18 Å². The number of hydrogen-bond acceptors (Lipinski definition) is 3. The van der Waals surface area contributed by atoms with Crippen LogP contribution >= 0.6 is 0 Å². The number of amides is 1. The second-order valence-corrected chi connectivity index (χ2v) is 4.31. The number of rotatable bonds is 5. The number of nitrogens with one attached hydrogen (secondary N) is 1. The third-order valence-corrected chi connectivity index (χ3v) is 2.39. The lowest BCUT2D eigenvalue weighted by Crippen LogP contribution is -2.35. The summed E-state index contributed by atoms with van der Waals surface area (Å²) in [5.41, 5.74) is -0.01000. The monoisotopic (exact) mass is 239 g/mol. The first-order valence-electron chi connectivity index (χ1n) is 5.57. The molecule has 0 saturated carbocycles. The minimum atomic E-state index is -0.732. The van der Waals surface area contributed by atoms with Crippen LogP contribution in [-0.4, -0.2) is 42.5 Å². The van der Waals surface area contributed by atoms with Gasteiger partial charge in [0, 0.05) is 12.2 Å². The molecule has 1 heterocycles. The molecule has 4 nitrogen and oxygen atoms in total. The highest BCUT2D eigenvalue weighted by Crippen LogP contribution is 2.04. The summed E-state index contributed by atoms with van der Waals surface area (Å²) in [7, 11) is 3.94. The fraction of sp³-hybridized carbons (Fsp3) is 0.500. The van der Waals surface area contributed by atoms with Gasteiger partial charge in [-0.05, 0) is 46.1 Å². The molecule has 0 aromatic carbocycles. The second kappa shape index (κ2) is 6.30. The quantitative estimate of drug-likeness (QED) is 0.787. The Morgan fingerprint density at radius 1 is 1.59 bits per heavy atom. The molecule has 0 fully saturated rings. The van der Waals surface area contributed by atoms with E-state index in [0.29, 0.717) is 0 Å². The molecule has 1 unspecified atom stereocenters. The van der Waals surface area contributed by atoms with Crippen LogP contribution in [0.15, 0.2) is 18.3 Å². The third-order valence-electron chi connectivity index (χ3n) is 2.39. The van der Waals surface area contributed by atoms with Crippen molar-refractivity contribution in [1.29, 1.82) is 0 Å². The Labute approximate surface area is 101 Å². The molecule has 5 heteroatoms. The van der Waals surface area contributed by atoms with Gasteiger partial charge in [-0.25, -0.2) is 4.98 Å². The van der Waals surface area contributed by atoms with Crippen molar-refractivity contribution >= 4 is 5.91 Å². The molecule has 94 valence electrons. The summed E-state index contributed by atoms with van der Waals surface area (Å²) in [4.78, 5) is 17.2. The molecule has 1 aromatic rings. The number of carbonyl (C=O) groups is 1. The molecule has 1 rings (SSSR count). The molecule has 0 spiro atoms. The zero-order valence-electron chi connectivity index (χ0n) is 10.4. The predicted octanol–water partition coefficient (Wildman–Crippen LogP) is 1.29. The Morgan fingerprint density at radius 2 is 2.29 bits per heavy atom. The van der Waals surface area contributed by atoms with Gasteiger partial charge >= 0.3 is 0 Å². The van der Waals surface area contributed by atoms with Gasteiger partial charge in [0.05, 0.1) is 5.56 Å². The molecule has 0 bridgehead atoms. The molecule has 0 aliphatic heterocycles. The molecule has 1 atom stereocenters. The third kappa shape index (κ3) is 4.48. The largest absolute Gasteiger partial charge is 0.349 e. The van der Waals surface area contributed by atoms with Gasteiger partial charge in [0.1, 0.15) is 0 Å². The van der Waals surface area contributed by atoms with Gasteiger partial charge < -0.3 is 10.2 Å². The summed E-state index contributed by atoms with van der Waals surface area (Å²) in [5.74, 6) is -1.15. The lowest BCUT2D eigenvalue weighted by molar-refractivity contribution is 0.0932. The lowest BCUT2D eigenvalue weighted by atomic mass is 10.2. The average molecular weight is 239 g/mol. The van der Waals surface area contributed by atoms with Crippen LogP contribution in [0.25, 0.3) is 0 Å². The Morgan fingerprint density at radius 3 is 2.88 bits per heavy atom. The first-order chi connectivity index (χ1) is 8.00. The number of halogens is 1. The van der Waals surface area contributed by atoms with Gasteiger partial charge in [-0.1, -0.05) is 0 Å². The maximum Gasteiger partial charge on any atom is 0.256 e. The van der Waals surface area contributed by atoms with Crippen LogP contribution in [0.1, 0.15) is 23.7 Å². The molecular weight excluding hydrogens is 221 g/mol.